The third-order valence-electron chi connectivity index (χ3n) is 2.84. The topological polar surface area (TPSA) is 72.2 Å². The summed E-state index contributed by atoms with van der Waals surface area (Å²) in [5.41, 5.74) is 2.43. The first-order chi connectivity index (χ1) is 9.12. The molecule has 0 saturated heterocycles. The molecule has 1 aromatic rings. The van der Waals surface area contributed by atoms with Crippen molar-refractivity contribution >= 4 is 9.84 Å². The summed E-state index contributed by atoms with van der Waals surface area (Å²) >= 11 is 0. The minimum Gasteiger partial charge on any atom is -0.271 e. The second kappa shape index (κ2) is 6.55. The van der Waals surface area contributed by atoms with Crippen molar-refractivity contribution in [3.8, 4) is 0 Å². The predicted molar refractivity (Wildman–Crippen MR) is 70.6 cm³/mol. The molecule has 3 N–H and O–H groups in total. The average Bonchev–Trinajstić information content (AvgIpc) is 2.33. The van der Waals surface area contributed by atoms with Gasteiger partial charge in [0.1, 0.15) is 9.84 Å². The van der Waals surface area contributed by atoms with E-state index in [2.05, 4.69) is 5.43 Å². The molecule has 4 nitrogen and oxygen atoms in total. The van der Waals surface area contributed by atoms with Crippen LogP contribution in [0.4, 0.5) is 13.2 Å². The molecule has 1 aromatic carbocycles. The van der Waals surface area contributed by atoms with Gasteiger partial charge in [-0.1, -0.05) is 12.1 Å². The Morgan fingerprint density at radius 2 is 1.80 bits per heavy atom. The molecule has 0 saturated carbocycles. The maximum atomic E-state index is 12.4. The highest BCUT2D eigenvalue weighted by Gasteiger charge is 2.29. The molecular weight excluding hydrogens is 293 g/mol. The van der Waals surface area contributed by atoms with Crippen molar-refractivity contribution in [2.24, 2.45) is 5.84 Å². The Kier molecular flexibility index (Phi) is 5.55. The zero-order valence-corrected chi connectivity index (χ0v) is 11.8. The van der Waals surface area contributed by atoms with Crippen LogP contribution in [-0.2, 0) is 22.4 Å². The smallest absolute Gasteiger partial charge is 0.271 e. The average molecular weight is 310 g/mol. The number of nitrogens with two attached hydrogens (primary N) is 1. The SMILES string of the molecule is CS(=O)(=O)CCC(Cc1ccc(C(F)(F)F)cc1)NN. The van der Waals surface area contributed by atoms with Crippen LogP contribution in [0.25, 0.3) is 0 Å². The van der Waals surface area contributed by atoms with Gasteiger partial charge in [-0.15, -0.1) is 0 Å². The Balaban J connectivity index is 2.66. The van der Waals surface area contributed by atoms with E-state index in [-0.39, 0.29) is 11.8 Å². The first-order valence-electron chi connectivity index (χ1n) is 5.92. The fourth-order valence-electron chi connectivity index (χ4n) is 1.71. The van der Waals surface area contributed by atoms with Crippen molar-refractivity contribution in [2.45, 2.75) is 25.1 Å². The van der Waals surface area contributed by atoms with Crippen molar-refractivity contribution in [1.29, 1.82) is 0 Å². The van der Waals surface area contributed by atoms with Crippen molar-refractivity contribution < 1.29 is 21.6 Å². The summed E-state index contributed by atoms with van der Waals surface area (Å²) < 4.78 is 59.3. The van der Waals surface area contributed by atoms with E-state index in [1.165, 1.54) is 12.1 Å². The summed E-state index contributed by atoms with van der Waals surface area (Å²) in [4.78, 5) is 0. The predicted octanol–water partition coefficient (Wildman–Crippen LogP) is 1.51. The number of sulfone groups is 1. The van der Waals surface area contributed by atoms with Crippen LogP contribution in [0, 0.1) is 0 Å². The second-order valence-corrected chi connectivity index (χ2v) is 6.94. The molecule has 0 spiro atoms. The van der Waals surface area contributed by atoms with Gasteiger partial charge < -0.3 is 0 Å². The van der Waals surface area contributed by atoms with Gasteiger partial charge in [-0.05, 0) is 30.5 Å². The monoisotopic (exact) mass is 310 g/mol. The maximum Gasteiger partial charge on any atom is 0.416 e. The molecule has 1 rings (SSSR count). The highest BCUT2D eigenvalue weighted by molar-refractivity contribution is 7.90. The highest BCUT2D eigenvalue weighted by Crippen LogP contribution is 2.29. The Morgan fingerprint density at radius 3 is 2.20 bits per heavy atom. The van der Waals surface area contributed by atoms with E-state index in [0.717, 1.165) is 18.4 Å². The highest BCUT2D eigenvalue weighted by atomic mass is 32.2. The molecule has 0 amide bonds. The van der Waals surface area contributed by atoms with Crippen LogP contribution in [0.5, 0.6) is 0 Å². The van der Waals surface area contributed by atoms with Crippen LogP contribution >= 0.6 is 0 Å². The van der Waals surface area contributed by atoms with Crippen LogP contribution in [0.1, 0.15) is 17.5 Å². The zero-order valence-electron chi connectivity index (χ0n) is 10.9. The lowest BCUT2D eigenvalue weighted by molar-refractivity contribution is -0.137. The molecule has 0 aliphatic carbocycles. The van der Waals surface area contributed by atoms with E-state index in [1.807, 2.05) is 0 Å². The van der Waals surface area contributed by atoms with Gasteiger partial charge in [0.15, 0.2) is 0 Å². The van der Waals surface area contributed by atoms with Gasteiger partial charge in [-0.3, -0.25) is 11.3 Å². The van der Waals surface area contributed by atoms with Gasteiger partial charge in [0.25, 0.3) is 0 Å². The molecule has 0 aliphatic rings. The fourth-order valence-corrected chi connectivity index (χ4v) is 2.43. The number of alkyl halides is 3. The molecule has 1 atom stereocenters. The fraction of sp³-hybridized carbons (Fsp3) is 0.500. The summed E-state index contributed by atoms with van der Waals surface area (Å²) in [6.45, 7) is 0. The van der Waals surface area contributed by atoms with Crippen LogP contribution in [0.3, 0.4) is 0 Å². The Bertz CT molecular complexity index is 527. The Morgan fingerprint density at radius 1 is 1.25 bits per heavy atom. The van der Waals surface area contributed by atoms with Gasteiger partial charge in [-0.2, -0.15) is 13.2 Å². The van der Waals surface area contributed by atoms with Crippen molar-refractivity contribution in [3.63, 3.8) is 0 Å². The molecule has 114 valence electrons. The van der Waals surface area contributed by atoms with Gasteiger partial charge >= 0.3 is 6.18 Å². The maximum absolute atomic E-state index is 12.4. The third-order valence-corrected chi connectivity index (χ3v) is 3.81. The lowest BCUT2D eigenvalue weighted by Crippen LogP contribution is -2.38. The standard InChI is InChI=1S/C12H17F3N2O2S/c1-20(18,19)7-6-11(17-16)8-9-2-4-10(5-3-9)12(13,14)15/h2-5,11,17H,6-8,16H2,1H3. The van der Waals surface area contributed by atoms with E-state index in [0.29, 0.717) is 18.4 Å². The van der Waals surface area contributed by atoms with Gasteiger partial charge in [-0.25, -0.2) is 8.42 Å². The summed E-state index contributed by atoms with van der Waals surface area (Å²) in [5.74, 6) is 5.30. The first kappa shape index (κ1) is 16.9. The van der Waals surface area contributed by atoms with Gasteiger partial charge in [0.2, 0.25) is 0 Å². The largest absolute Gasteiger partial charge is 0.416 e. The molecule has 0 aromatic heterocycles. The quantitative estimate of drug-likeness (QED) is 0.617. The van der Waals surface area contributed by atoms with Crippen LogP contribution < -0.4 is 11.3 Å². The van der Waals surface area contributed by atoms with E-state index >= 15 is 0 Å². The minimum absolute atomic E-state index is 0.0253. The van der Waals surface area contributed by atoms with Gasteiger partial charge in [0, 0.05) is 12.3 Å². The molecule has 0 aliphatic heterocycles. The first-order valence-corrected chi connectivity index (χ1v) is 7.98. The molecule has 8 heteroatoms. The molecule has 0 bridgehead atoms. The molecular formula is C12H17F3N2O2S. The number of nitrogens with one attached hydrogen (secondary N) is 1. The van der Waals surface area contributed by atoms with E-state index in [1.54, 1.807) is 0 Å². The normalized spacial score (nSPS) is 14.2. The number of benzene rings is 1. The second-order valence-electron chi connectivity index (χ2n) is 4.68. The van der Waals surface area contributed by atoms with E-state index in [4.69, 9.17) is 5.84 Å². The molecule has 1 unspecified atom stereocenters. The zero-order chi connectivity index (χ0) is 15.4. The number of hydrogen-bond acceptors (Lipinski definition) is 4. The number of halogens is 3. The number of hydrogen-bond donors (Lipinski definition) is 2. The molecule has 0 radical (unpaired) electrons. The van der Waals surface area contributed by atoms with Crippen molar-refractivity contribution in [1.82, 2.24) is 5.43 Å². The number of rotatable bonds is 6. The molecule has 20 heavy (non-hydrogen) atoms. The summed E-state index contributed by atoms with van der Waals surface area (Å²) in [7, 11) is -3.09. The third kappa shape index (κ3) is 5.89. The lowest BCUT2D eigenvalue weighted by Gasteiger charge is -2.16. The van der Waals surface area contributed by atoms with E-state index in [9.17, 15) is 21.6 Å². The van der Waals surface area contributed by atoms with Crippen molar-refractivity contribution in [3.05, 3.63) is 35.4 Å². The van der Waals surface area contributed by atoms with E-state index < -0.39 is 21.6 Å². The van der Waals surface area contributed by atoms with Crippen LogP contribution in [-0.4, -0.2) is 26.5 Å². The Hall–Kier alpha value is -1.12. The molecule has 0 fully saturated rings. The lowest BCUT2D eigenvalue weighted by atomic mass is 10.0. The number of hydrazine groups is 1. The van der Waals surface area contributed by atoms with Crippen LogP contribution in [0.2, 0.25) is 0 Å². The van der Waals surface area contributed by atoms with Crippen LogP contribution in [0.15, 0.2) is 24.3 Å². The van der Waals surface area contributed by atoms with Gasteiger partial charge in [0.05, 0.1) is 11.3 Å². The van der Waals surface area contributed by atoms with Crippen molar-refractivity contribution in [2.75, 3.05) is 12.0 Å². The summed E-state index contributed by atoms with van der Waals surface area (Å²) in [6, 6.07) is 4.43. The Labute approximate surface area is 116 Å². The summed E-state index contributed by atoms with van der Waals surface area (Å²) in [6.07, 6.45) is -2.57. The molecule has 0 heterocycles. The minimum atomic E-state index is -4.36. The summed E-state index contributed by atoms with van der Waals surface area (Å²) in [5, 5.41) is 0.